The van der Waals surface area contributed by atoms with E-state index in [0.29, 0.717) is 27.8 Å². The van der Waals surface area contributed by atoms with E-state index >= 15 is 0 Å². The lowest BCUT2D eigenvalue weighted by Crippen LogP contribution is -2.09. The number of carboxylic acid groups (broad SMARTS) is 1. The molecule has 0 saturated carbocycles. The zero-order valence-corrected chi connectivity index (χ0v) is 13.6. The predicted octanol–water partition coefficient (Wildman–Crippen LogP) is 5.15. The summed E-state index contributed by atoms with van der Waals surface area (Å²) in [6.45, 7) is 1.80. The van der Waals surface area contributed by atoms with Crippen LogP contribution in [0, 0.1) is 0 Å². The molecule has 2 aromatic rings. The van der Waals surface area contributed by atoms with E-state index in [9.17, 15) is 9.59 Å². The number of halogens is 2. The van der Waals surface area contributed by atoms with Crippen LogP contribution in [0.3, 0.4) is 0 Å². The maximum Gasteiger partial charge on any atom is 0.374 e. The van der Waals surface area contributed by atoms with Gasteiger partial charge in [0.1, 0.15) is 11.4 Å². The maximum absolute atomic E-state index is 11.7. The molecule has 2 N–H and O–H groups in total. The first-order valence-electron chi connectivity index (χ1n) is 6.08. The van der Waals surface area contributed by atoms with Crippen molar-refractivity contribution in [3.8, 4) is 11.3 Å². The van der Waals surface area contributed by atoms with Crippen molar-refractivity contribution in [1.29, 1.82) is 0 Å². The molecule has 0 saturated heterocycles. The van der Waals surface area contributed by atoms with Crippen molar-refractivity contribution < 1.29 is 19.2 Å². The molecule has 1 aromatic heterocycles. The first-order valence-corrected chi connectivity index (χ1v) is 7.66. The number of aromatic nitrogens is 1. The summed E-state index contributed by atoms with van der Waals surface area (Å²) in [7, 11) is 0. The third kappa shape index (κ3) is 3.55. The van der Waals surface area contributed by atoms with E-state index in [1.165, 1.54) is 0 Å². The van der Waals surface area contributed by atoms with E-state index in [1.807, 2.05) is 0 Å². The summed E-state index contributed by atoms with van der Waals surface area (Å²) in [6, 6.07) is 4.93. The molecule has 0 fully saturated rings. The largest absolute Gasteiger partial charge is 0.473 e. The van der Waals surface area contributed by atoms with Crippen LogP contribution < -0.4 is 5.32 Å². The van der Waals surface area contributed by atoms with Crippen LogP contribution in [-0.2, 0) is 6.42 Å². The van der Waals surface area contributed by atoms with Gasteiger partial charge in [0.25, 0.3) is 5.24 Å². The van der Waals surface area contributed by atoms with E-state index in [2.05, 4.69) is 10.5 Å². The van der Waals surface area contributed by atoms with Gasteiger partial charge < -0.3 is 14.9 Å². The zero-order chi connectivity index (χ0) is 16.3. The minimum Gasteiger partial charge on any atom is -0.473 e. The summed E-state index contributed by atoms with van der Waals surface area (Å²) in [5.41, 5.74) is 0.924. The average Bonchev–Trinajstić information content (AvgIpc) is 2.80. The van der Waals surface area contributed by atoms with E-state index < -0.39 is 10.5 Å². The molecule has 0 radical (unpaired) electrons. The van der Waals surface area contributed by atoms with Crippen LogP contribution in [0.1, 0.15) is 12.7 Å². The quantitative estimate of drug-likeness (QED) is 0.785. The second kappa shape index (κ2) is 7.04. The van der Waals surface area contributed by atoms with Crippen molar-refractivity contribution in [3.63, 3.8) is 0 Å². The molecule has 0 atom stereocenters. The Labute approximate surface area is 139 Å². The molecule has 0 bridgehead atoms. The Bertz CT molecular complexity index is 713. The van der Waals surface area contributed by atoms with Crippen LogP contribution in [0.25, 0.3) is 11.3 Å². The molecule has 2 rings (SSSR count). The van der Waals surface area contributed by atoms with Gasteiger partial charge in [0.2, 0.25) is 0 Å². The molecule has 1 aromatic carbocycles. The van der Waals surface area contributed by atoms with Crippen LogP contribution in [0.5, 0.6) is 0 Å². The molecule has 6 nitrogen and oxygen atoms in total. The monoisotopic (exact) mass is 360 g/mol. The molecule has 1 amide bonds. The fourth-order valence-electron chi connectivity index (χ4n) is 1.80. The Hall–Kier alpha value is -1.70. The number of hydrogen-bond acceptors (Lipinski definition) is 5. The third-order valence-electron chi connectivity index (χ3n) is 2.69. The van der Waals surface area contributed by atoms with Gasteiger partial charge in [-0.05, 0) is 12.1 Å². The van der Waals surface area contributed by atoms with Crippen LogP contribution in [0.2, 0.25) is 10.0 Å². The Morgan fingerprint density at radius 1 is 1.36 bits per heavy atom. The van der Waals surface area contributed by atoms with Gasteiger partial charge in [-0.2, -0.15) is 0 Å². The number of aryl methyl sites for hydroxylation is 1. The van der Waals surface area contributed by atoms with Gasteiger partial charge in [0.15, 0.2) is 5.76 Å². The molecule has 116 valence electrons. The van der Waals surface area contributed by atoms with E-state index in [1.54, 1.807) is 25.1 Å². The molecule has 0 spiro atoms. The number of anilines is 1. The van der Waals surface area contributed by atoms with Gasteiger partial charge >= 0.3 is 5.30 Å². The predicted molar refractivity (Wildman–Crippen MR) is 86.0 cm³/mol. The summed E-state index contributed by atoms with van der Waals surface area (Å²) in [5, 5.41) is 13.6. The van der Waals surface area contributed by atoms with Crippen molar-refractivity contribution >= 4 is 51.2 Å². The van der Waals surface area contributed by atoms with Crippen molar-refractivity contribution in [2.75, 3.05) is 5.32 Å². The number of thioether (sulfide) groups is 1. The molecule has 0 aliphatic heterocycles. The van der Waals surface area contributed by atoms with Gasteiger partial charge in [-0.25, -0.2) is 4.79 Å². The number of carbonyl (C=O) groups excluding carboxylic acids is 1. The molecular formula is C13H10Cl2N2O4S. The van der Waals surface area contributed by atoms with Crippen LogP contribution in [0.15, 0.2) is 22.7 Å². The molecule has 9 heteroatoms. The number of hydrogen-bond donors (Lipinski definition) is 2. The average molecular weight is 361 g/mol. The number of nitrogens with one attached hydrogen (secondary N) is 1. The Kier molecular flexibility index (Phi) is 5.33. The second-order valence-corrected chi connectivity index (χ2v) is 5.80. The van der Waals surface area contributed by atoms with Crippen molar-refractivity contribution in [3.05, 3.63) is 34.0 Å². The summed E-state index contributed by atoms with van der Waals surface area (Å²) < 4.78 is 5.18. The SMILES string of the molecule is CCc1onc(-c2c(Cl)cccc2Cl)c1NC(=O)SC(=O)O. The summed E-state index contributed by atoms with van der Waals surface area (Å²) in [6.07, 6.45) is 0.447. The standard InChI is InChI=1S/C13H10Cl2N2O4S/c1-2-8-10(16-12(18)22-13(19)20)11(17-21-8)9-6(14)4-3-5-7(9)15/h3-5H,2H2,1H3,(H,16,18)(H,19,20). The Morgan fingerprint density at radius 2 is 2.00 bits per heavy atom. The van der Waals surface area contributed by atoms with Crippen LogP contribution in [-0.4, -0.2) is 20.8 Å². The smallest absolute Gasteiger partial charge is 0.374 e. The normalized spacial score (nSPS) is 10.5. The van der Waals surface area contributed by atoms with Gasteiger partial charge in [-0.15, -0.1) is 0 Å². The van der Waals surface area contributed by atoms with Gasteiger partial charge in [-0.3, -0.25) is 4.79 Å². The number of rotatable bonds is 3. The highest BCUT2D eigenvalue weighted by Crippen LogP contribution is 2.39. The molecule has 1 heterocycles. The van der Waals surface area contributed by atoms with Crippen molar-refractivity contribution in [1.82, 2.24) is 5.16 Å². The van der Waals surface area contributed by atoms with Gasteiger partial charge in [0.05, 0.1) is 21.8 Å². The first kappa shape index (κ1) is 16.7. The lowest BCUT2D eigenvalue weighted by Gasteiger charge is -2.07. The van der Waals surface area contributed by atoms with Gasteiger partial charge in [-0.1, -0.05) is 41.3 Å². The summed E-state index contributed by atoms with van der Waals surface area (Å²) in [5.74, 6) is 0.394. The Morgan fingerprint density at radius 3 is 2.55 bits per heavy atom. The number of benzene rings is 1. The number of carbonyl (C=O) groups is 2. The highest BCUT2D eigenvalue weighted by atomic mass is 35.5. The lowest BCUT2D eigenvalue weighted by molar-refractivity contribution is 0.222. The van der Waals surface area contributed by atoms with Gasteiger partial charge in [0, 0.05) is 12.0 Å². The van der Waals surface area contributed by atoms with Crippen LogP contribution in [0.4, 0.5) is 15.3 Å². The first-order chi connectivity index (χ1) is 10.4. The molecular weight excluding hydrogens is 351 g/mol. The molecule has 0 aliphatic carbocycles. The fourth-order valence-corrected chi connectivity index (χ4v) is 2.68. The molecule has 22 heavy (non-hydrogen) atoms. The van der Waals surface area contributed by atoms with Crippen molar-refractivity contribution in [2.24, 2.45) is 0 Å². The Balaban J connectivity index is 2.47. The van der Waals surface area contributed by atoms with E-state index in [4.69, 9.17) is 32.8 Å². The zero-order valence-electron chi connectivity index (χ0n) is 11.2. The molecule has 0 aliphatic rings. The maximum atomic E-state index is 11.7. The lowest BCUT2D eigenvalue weighted by atomic mass is 10.1. The minimum absolute atomic E-state index is 0.115. The van der Waals surface area contributed by atoms with E-state index in [0.717, 1.165) is 0 Å². The van der Waals surface area contributed by atoms with Crippen molar-refractivity contribution in [2.45, 2.75) is 13.3 Å². The van der Waals surface area contributed by atoms with Crippen LogP contribution >= 0.6 is 35.0 Å². The second-order valence-electron chi connectivity index (χ2n) is 4.06. The summed E-state index contributed by atoms with van der Waals surface area (Å²) in [4.78, 5) is 22.3. The number of nitrogens with zero attached hydrogens (tertiary/aromatic N) is 1. The summed E-state index contributed by atoms with van der Waals surface area (Å²) >= 11 is 12.4. The topological polar surface area (TPSA) is 92.4 Å². The van der Waals surface area contributed by atoms with E-state index in [-0.39, 0.29) is 23.1 Å². The highest BCUT2D eigenvalue weighted by molar-refractivity contribution is 8.25. The number of amides is 1. The highest BCUT2D eigenvalue weighted by Gasteiger charge is 2.23. The molecule has 0 unspecified atom stereocenters. The third-order valence-corrected chi connectivity index (χ3v) is 3.78. The fraction of sp³-hybridized carbons (Fsp3) is 0.154. The minimum atomic E-state index is -1.32.